The monoisotopic (exact) mass is 112 g/mol. The number of rotatable bonds is 0. The van der Waals surface area contributed by atoms with Gasteiger partial charge in [-0.2, -0.15) is 0 Å². The molecule has 1 atom stereocenters. The van der Waals surface area contributed by atoms with E-state index in [1.165, 1.54) is 6.26 Å². The molecule has 0 spiro atoms. The zero-order valence-electron chi connectivity index (χ0n) is 4.66. The Kier molecular flexibility index (Phi) is 1.35. The maximum absolute atomic E-state index is 8.73. The molecular weight excluding hydrogens is 104 g/mol. The van der Waals surface area contributed by atoms with Crippen LogP contribution in [0.4, 0.5) is 0 Å². The molecule has 0 saturated heterocycles. The quantitative estimate of drug-likeness (QED) is 0.502. The average molecular weight is 112 g/mol. The summed E-state index contributed by atoms with van der Waals surface area (Å²) >= 11 is 0. The molecule has 1 unspecified atom stereocenters. The lowest BCUT2D eigenvalue weighted by molar-refractivity contribution is -0.0140. The van der Waals surface area contributed by atoms with E-state index in [1.54, 1.807) is 12.2 Å². The van der Waals surface area contributed by atoms with Crippen LogP contribution >= 0.6 is 0 Å². The number of hydrogen-bond donors (Lipinski definition) is 1. The third kappa shape index (κ3) is 1.10. The van der Waals surface area contributed by atoms with Crippen molar-refractivity contribution >= 4 is 0 Å². The van der Waals surface area contributed by atoms with E-state index in [1.807, 2.05) is 6.92 Å². The van der Waals surface area contributed by atoms with Gasteiger partial charge in [-0.05, 0) is 24.6 Å². The van der Waals surface area contributed by atoms with Crippen LogP contribution in [0.5, 0.6) is 0 Å². The van der Waals surface area contributed by atoms with Crippen molar-refractivity contribution in [2.75, 3.05) is 0 Å². The second kappa shape index (κ2) is 2.01. The molecule has 1 N–H and O–H groups in total. The maximum atomic E-state index is 8.73. The Morgan fingerprint density at radius 1 is 1.75 bits per heavy atom. The number of hydrogen-bond acceptors (Lipinski definition) is 2. The van der Waals surface area contributed by atoms with Crippen molar-refractivity contribution in [2.24, 2.45) is 0 Å². The molecule has 0 aliphatic carbocycles. The summed E-state index contributed by atoms with van der Waals surface area (Å²) in [4.78, 5) is 0. The molecule has 1 rings (SSSR count). The molecule has 0 radical (unpaired) electrons. The molecule has 0 amide bonds. The van der Waals surface area contributed by atoms with E-state index in [4.69, 9.17) is 5.11 Å². The lowest BCUT2D eigenvalue weighted by Gasteiger charge is -2.09. The predicted molar refractivity (Wildman–Crippen MR) is 30.0 cm³/mol. The zero-order valence-corrected chi connectivity index (χ0v) is 4.66. The van der Waals surface area contributed by atoms with Crippen molar-refractivity contribution in [2.45, 2.75) is 13.2 Å². The maximum Gasteiger partial charge on any atom is 0.216 e. The topological polar surface area (TPSA) is 29.5 Å². The highest BCUT2D eigenvalue weighted by atomic mass is 16.6. The molecule has 0 fully saturated rings. The fraction of sp³-hybridized carbons (Fsp3) is 0.333. The van der Waals surface area contributed by atoms with Crippen LogP contribution in [0, 0.1) is 0 Å². The van der Waals surface area contributed by atoms with Gasteiger partial charge >= 0.3 is 0 Å². The van der Waals surface area contributed by atoms with Gasteiger partial charge in [0.25, 0.3) is 0 Å². The van der Waals surface area contributed by atoms with E-state index in [0.29, 0.717) is 0 Å². The average Bonchev–Trinajstić information content (AvgIpc) is 1.64. The Morgan fingerprint density at radius 3 is 2.88 bits per heavy atom. The molecule has 1 heterocycles. The van der Waals surface area contributed by atoms with Crippen LogP contribution in [-0.4, -0.2) is 11.4 Å². The van der Waals surface area contributed by atoms with Crippen molar-refractivity contribution in [1.82, 2.24) is 0 Å². The van der Waals surface area contributed by atoms with Gasteiger partial charge in [0.2, 0.25) is 6.29 Å². The van der Waals surface area contributed by atoms with E-state index < -0.39 is 6.29 Å². The van der Waals surface area contributed by atoms with Gasteiger partial charge in [-0.25, -0.2) is 0 Å². The first kappa shape index (κ1) is 5.38. The van der Waals surface area contributed by atoms with Gasteiger partial charge in [-0.1, -0.05) is 0 Å². The van der Waals surface area contributed by atoms with Crippen LogP contribution in [0.25, 0.3) is 0 Å². The van der Waals surface area contributed by atoms with E-state index in [2.05, 4.69) is 4.74 Å². The fourth-order valence-electron chi connectivity index (χ4n) is 0.547. The van der Waals surface area contributed by atoms with E-state index in [0.717, 1.165) is 5.57 Å². The highest BCUT2D eigenvalue weighted by Crippen LogP contribution is 2.05. The van der Waals surface area contributed by atoms with E-state index in [9.17, 15) is 0 Å². The molecular formula is C6H8O2. The van der Waals surface area contributed by atoms with Gasteiger partial charge in [0.15, 0.2) is 0 Å². The first-order valence-electron chi connectivity index (χ1n) is 2.47. The van der Waals surface area contributed by atoms with E-state index >= 15 is 0 Å². The Hall–Kier alpha value is -0.760. The third-order valence-corrected chi connectivity index (χ3v) is 0.954. The number of allylic oxidation sites excluding steroid dienone is 2. The molecule has 0 saturated carbocycles. The first-order valence-corrected chi connectivity index (χ1v) is 2.47. The number of ether oxygens (including phenoxy) is 1. The largest absolute Gasteiger partial charge is 0.469 e. The van der Waals surface area contributed by atoms with Crippen molar-refractivity contribution < 1.29 is 9.84 Å². The Bertz CT molecular complexity index is 135. The summed E-state index contributed by atoms with van der Waals surface area (Å²) < 4.78 is 4.65. The molecule has 44 valence electrons. The first-order chi connectivity index (χ1) is 3.79. The predicted octanol–water partition coefficient (Wildman–Crippen LogP) is 0.795. The second-order valence-corrected chi connectivity index (χ2v) is 1.74. The molecule has 2 nitrogen and oxygen atoms in total. The summed E-state index contributed by atoms with van der Waals surface area (Å²) in [7, 11) is 0. The molecule has 0 bridgehead atoms. The normalized spacial score (nSPS) is 26.8. The Balaban J connectivity index is 2.63. The van der Waals surface area contributed by atoms with Crippen LogP contribution in [0.3, 0.4) is 0 Å². The zero-order chi connectivity index (χ0) is 5.98. The van der Waals surface area contributed by atoms with Crippen LogP contribution < -0.4 is 0 Å². The lowest BCUT2D eigenvalue weighted by Crippen LogP contribution is -2.06. The summed E-state index contributed by atoms with van der Waals surface area (Å²) in [5, 5.41) is 8.73. The van der Waals surface area contributed by atoms with Crippen LogP contribution in [0.2, 0.25) is 0 Å². The van der Waals surface area contributed by atoms with Gasteiger partial charge in [-0.3, -0.25) is 0 Å². The molecule has 1 aliphatic rings. The minimum absolute atomic E-state index is 0.736. The molecule has 2 heteroatoms. The summed E-state index contributed by atoms with van der Waals surface area (Å²) in [6.07, 6.45) is 4.19. The minimum atomic E-state index is -0.736. The summed E-state index contributed by atoms with van der Waals surface area (Å²) in [6.45, 7) is 1.90. The molecule has 0 aromatic rings. The van der Waals surface area contributed by atoms with Crippen molar-refractivity contribution in [3.05, 3.63) is 24.0 Å². The Labute approximate surface area is 48.1 Å². The molecule has 8 heavy (non-hydrogen) atoms. The minimum Gasteiger partial charge on any atom is -0.469 e. The number of aliphatic hydroxyl groups is 1. The molecule has 1 aliphatic heterocycles. The second-order valence-electron chi connectivity index (χ2n) is 1.74. The van der Waals surface area contributed by atoms with Gasteiger partial charge in [0.1, 0.15) is 0 Å². The lowest BCUT2D eigenvalue weighted by atomic mass is 10.2. The van der Waals surface area contributed by atoms with E-state index in [-0.39, 0.29) is 0 Å². The van der Waals surface area contributed by atoms with Crippen molar-refractivity contribution in [3.63, 3.8) is 0 Å². The van der Waals surface area contributed by atoms with Crippen LogP contribution in [-0.2, 0) is 4.74 Å². The fourth-order valence-corrected chi connectivity index (χ4v) is 0.547. The van der Waals surface area contributed by atoms with Gasteiger partial charge in [0, 0.05) is 0 Å². The highest BCUT2D eigenvalue weighted by Gasteiger charge is 2.00. The standard InChI is InChI=1S/C6H8O2/c1-5-2-3-8-6(7)4-5/h2-4,6-7H,1H3. The smallest absolute Gasteiger partial charge is 0.216 e. The van der Waals surface area contributed by atoms with Crippen molar-refractivity contribution in [3.8, 4) is 0 Å². The highest BCUT2D eigenvalue weighted by molar-refractivity contribution is 5.17. The molecule has 0 aromatic carbocycles. The Morgan fingerprint density at radius 2 is 2.50 bits per heavy atom. The summed E-state index contributed by atoms with van der Waals surface area (Å²) in [6, 6.07) is 0. The third-order valence-electron chi connectivity index (χ3n) is 0.954. The SMILES string of the molecule is CC1=CC(O)OC=C1. The summed E-state index contributed by atoms with van der Waals surface area (Å²) in [5.41, 5.74) is 1.03. The van der Waals surface area contributed by atoms with Gasteiger partial charge in [0.05, 0.1) is 6.26 Å². The van der Waals surface area contributed by atoms with Gasteiger partial charge < -0.3 is 9.84 Å². The van der Waals surface area contributed by atoms with Gasteiger partial charge in [-0.15, -0.1) is 0 Å². The summed E-state index contributed by atoms with van der Waals surface area (Å²) in [5.74, 6) is 0. The van der Waals surface area contributed by atoms with Crippen LogP contribution in [0.1, 0.15) is 6.92 Å². The van der Waals surface area contributed by atoms with Crippen LogP contribution in [0.15, 0.2) is 24.0 Å². The van der Waals surface area contributed by atoms with Crippen molar-refractivity contribution in [1.29, 1.82) is 0 Å². The molecule has 0 aromatic heterocycles. The number of aliphatic hydroxyl groups excluding tert-OH is 1.